The number of halogens is 1. The van der Waals surface area contributed by atoms with Gasteiger partial charge in [-0.05, 0) is 44.0 Å². The lowest BCUT2D eigenvalue weighted by atomic mass is 9.99. The standard InChI is InChI=1S/C15H21FN2O/c1-12-6-9-18(10-7-12)11-8-15(19)17-14-5-3-2-4-13(14)16/h2-5,12H,6-11H2,1H3,(H,17,19). The Morgan fingerprint density at radius 3 is 2.74 bits per heavy atom. The molecule has 1 aliphatic heterocycles. The number of rotatable bonds is 4. The van der Waals surface area contributed by atoms with Gasteiger partial charge >= 0.3 is 0 Å². The molecule has 0 saturated carbocycles. The molecule has 3 nitrogen and oxygen atoms in total. The van der Waals surface area contributed by atoms with Gasteiger partial charge in [-0.2, -0.15) is 0 Å². The zero-order chi connectivity index (χ0) is 13.7. The Morgan fingerprint density at radius 1 is 1.37 bits per heavy atom. The van der Waals surface area contributed by atoms with Crippen LogP contribution in [0.3, 0.4) is 0 Å². The number of benzene rings is 1. The molecule has 1 aliphatic rings. The maximum atomic E-state index is 13.4. The molecule has 1 saturated heterocycles. The van der Waals surface area contributed by atoms with Crippen LogP contribution < -0.4 is 5.32 Å². The molecule has 0 spiro atoms. The average molecular weight is 264 g/mol. The summed E-state index contributed by atoms with van der Waals surface area (Å²) in [4.78, 5) is 14.1. The lowest BCUT2D eigenvalue weighted by Crippen LogP contribution is -2.35. The Morgan fingerprint density at radius 2 is 2.05 bits per heavy atom. The number of carbonyl (C=O) groups excluding carboxylic acids is 1. The van der Waals surface area contributed by atoms with Gasteiger partial charge in [-0.1, -0.05) is 19.1 Å². The third-order valence-electron chi connectivity index (χ3n) is 3.68. The topological polar surface area (TPSA) is 32.3 Å². The van der Waals surface area contributed by atoms with E-state index in [1.807, 2.05) is 0 Å². The van der Waals surface area contributed by atoms with Crippen molar-refractivity contribution in [2.45, 2.75) is 26.2 Å². The zero-order valence-corrected chi connectivity index (χ0v) is 11.4. The number of likely N-dealkylation sites (tertiary alicyclic amines) is 1. The summed E-state index contributed by atoms with van der Waals surface area (Å²) in [5.74, 6) is 0.287. The minimum atomic E-state index is -0.386. The normalized spacial score (nSPS) is 17.4. The molecule has 4 heteroatoms. The molecule has 0 bridgehead atoms. The lowest BCUT2D eigenvalue weighted by Gasteiger charge is -2.29. The molecule has 0 aliphatic carbocycles. The molecule has 1 aromatic rings. The van der Waals surface area contributed by atoms with Crippen LogP contribution in [0.1, 0.15) is 26.2 Å². The fourth-order valence-corrected chi connectivity index (χ4v) is 2.32. The van der Waals surface area contributed by atoms with Crippen LogP contribution >= 0.6 is 0 Å². The second-order valence-corrected chi connectivity index (χ2v) is 5.30. The van der Waals surface area contributed by atoms with Gasteiger partial charge in [-0.15, -0.1) is 0 Å². The number of nitrogens with zero attached hydrogens (tertiary/aromatic N) is 1. The zero-order valence-electron chi connectivity index (χ0n) is 11.4. The van der Waals surface area contributed by atoms with Crippen molar-refractivity contribution in [2.24, 2.45) is 5.92 Å². The summed E-state index contributed by atoms with van der Waals surface area (Å²) in [6.07, 6.45) is 2.83. The monoisotopic (exact) mass is 264 g/mol. The highest BCUT2D eigenvalue weighted by Crippen LogP contribution is 2.16. The lowest BCUT2D eigenvalue weighted by molar-refractivity contribution is -0.116. The first-order valence-electron chi connectivity index (χ1n) is 6.92. The summed E-state index contributed by atoms with van der Waals surface area (Å²) in [5.41, 5.74) is 0.264. The minimum absolute atomic E-state index is 0.122. The van der Waals surface area contributed by atoms with Crippen molar-refractivity contribution < 1.29 is 9.18 Å². The van der Waals surface area contributed by atoms with Crippen molar-refractivity contribution in [3.63, 3.8) is 0 Å². The van der Waals surface area contributed by atoms with E-state index in [-0.39, 0.29) is 17.4 Å². The molecule has 1 heterocycles. The van der Waals surface area contributed by atoms with Crippen molar-refractivity contribution in [1.82, 2.24) is 4.90 Å². The Balaban J connectivity index is 1.74. The summed E-state index contributed by atoms with van der Waals surface area (Å²) >= 11 is 0. The van der Waals surface area contributed by atoms with Crippen molar-refractivity contribution in [3.8, 4) is 0 Å². The maximum Gasteiger partial charge on any atom is 0.225 e. The van der Waals surface area contributed by atoms with Gasteiger partial charge in [-0.25, -0.2) is 4.39 Å². The summed E-state index contributed by atoms with van der Waals surface area (Å²) in [6, 6.07) is 6.25. The molecule has 1 amide bonds. The smallest absolute Gasteiger partial charge is 0.225 e. The van der Waals surface area contributed by atoms with E-state index in [1.165, 1.54) is 18.9 Å². The Hall–Kier alpha value is -1.42. The second kappa shape index (κ2) is 6.66. The summed E-state index contributed by atoms with van der Waals surface area (Å²) < 4.78 is 13.4. The molecule has 1 fully saturated rings. The molecule has 1 N–H and O–H groups in total. The Labute approximate surface area is 113 Å². The van der Waals surface area contributed by atoms with Crippen molar-refractivity contribution in [2.75, 3.05) is 25.0 Å². The molecule has 104 valence electrons. The molecule has 0 radical (unpaired) electrons. The first-order valence-corrected chi connectivity index (χ1v) is 6.92. The van der Waals surface area contributed by atoms with Crippen LogP contribution in [0.5, 0.6) is 0 Å². The molecule has 0 aromatic heterocycles. The van der Waals surface area contributed by atoms with Gasteiger partial charge < -0.3 is 10.2 Å². The van der Waals surface area contributed by atoms with Crippen molar-refractivity contribution in [3.05, 3.63) is 30.1 Å². The number of para-hydroxylation sites is 1. The first-order chi connectivity index (χ1) is 9.15. The van der Waals surface area contributed by atoms with E-state index in [0.29, 0.717) is 6.42 Å². The van der Waals surface area contributed by atoms with Gasteiger partial charge in [0.05, 0.1) is 5.69 Å². The molecule has 2 rings (SSSR count). The van der Waals surface area contributed by atoms with Crippen LogP contribution in [-0.2, 0) is 4.79 Å². The van der Waals surface area contributed by atoms with Crippen molar-refractivity contribution in [1.29, 1.82) is 0 Å². The maximum absolute atomic E-state index is 13.4. The van der Waals surface area contributed by atoms with Gasteiger partial charge in [0.2, 0.25) is 5.91 Å². The van der Waals surface area contributed by atoms with Crippen LogP contribution in [0, 0.1) is 11.7 Å². The SMILES string of the molecule is CC1CCN(CCC(=O)Nc2ccccc2F)CC1. The van der Waals surface area contributed by atoms with Gasteiger partial charge in [0, 0.05) is 13.0 Å². The number of carbonyl (C=O) groups is 1. The van der Waals surface area contributed by atoms with Crippen LogP contribution in [-0.4, -0.2) is 30.4 Å². The first kappa shape index (κ1) is 14.0. The fraction of sp³-hybridized carbons (Fsp3) is 0.533. The third-order valence-corrected chi connectivity index (χ3v) is 3.68. The van der Waals surface area contributed by atoms with Gasteiger partial charge in [0.1, 0.15) is 5.82 Å². The van der Waals surface area contributed by atoms with E-state index in [9.17, 15) is 9.18 Å². The van der Waals surface area contributed by atoms with Gasteiger partial charge in [-0.3, -0.25) is 4.79 Å². The molecule has 0 atom stereocenters. The summed E-state index contributed by atoms with van der Waals surface area (Å²) in [6.45, 7) is 5.15. The van der Waals surface area contributed by atoms with E-state index in [2.05, 4.69) is 17.1 Å². The van der Waals surface area contributed by atoms with E-state index >= 15 is 0 Å². The third kappa shape index (κ3) is 4.31. The average Bonchev–Trinajstić information content (AvgIpc) is 2.41. The molecule has 19 heavy (non-hydrogen) atoms. The van der Waals surface area contributed by atoms with E-state index in [0.717, 1.165) is 25.6 Å². The summed E-state index contributed by atoms with van der Waals surface area (Å²) in [7, 11) is 0. The van der Waals surface area contributed by atoms with Crippen LogP contribution in [0.2, 0.25) is 0 Å². The van der Waals surface area contributed by atoms with Gasteiger partial charge in [0.15, 0.2) is 0 Å². The predicted molar refractivity (Wildman–Crippen MR) is 74.5 cm³/mol. The number of nitrogens with one attached hydrogen (secondary N) is 1. The highest BCUT2D eigenvalue weighted by molar-refractivity contribution is 5.90. The minimum Gasteiger partial charge on any atom is -0.324 e. The highest BCUT2D eigenvalue weighted by atomic mass is 19.1. The number of anilines is 1. The van der Waals surface area contributed by atoms with Crippen LogP contribution in [0.4, 0.5) is 10.1 Å². The van der Waals surface area contributed by atoms with E-state index in [4.69, 9.17) is 0 Å². The second-order valence-electron chi connectivity index (χ2n) is 5.30. The Kier molecular flexibility index (Phi) is 4.91. The number of hydrogen-bond acceptors (Lipinski definition) is 2. The van der Waals surface area contributed by atoms with Gasteiger partial charge in [0.25, 0.3) is 0 Å². The van der Waals surface area contributed by atoms with Crippen LogP contribution in [0.25, 0.3) is 0 Å². The highest BCUT2D eigenvalue weighted by Gasteiger charge is 2.16. The molecular weight excluding hydrogens is 243 g/mol. The fourth-order valence-electron chi connectivity index (χ4n) is 2.32. The Bertz CT molecular complexity index is 428. The van der Waals surface area contributed by atoms with Crippen LogP contribution in [0.15, 0.2) is 24.3 Å². The largest absolute Gasteiger partial charge is 0.324 e. The predicted octanol–water partition coefficient (Wildman–Crippen LogP) is 2.89. The number of hydrogen-bond donors (Lipinski definition) is 1. The quantitative estimate of drug-likeness (QED) is 0.907. The van der Waals surface area contributed by atoms with E-state index < -0.39 is 0 Å². The summed E-state index contributed by atoms with van der Waals surface area (Å²) in [5, 5.41) is 2.62. The van der Waals surface area contributed by atoms with E-state index in [1.54, 1.807) is 18.2 Å². The number of amides is 1. The van der Waals surface area contributed by atoms with Crippen molar-refractivity contribution >= 4 is 11.6 Å². The molecular formula is C15H21FN2O. The molecule has 1 aromatic carbocycles. The molecule has 0 unspecified atom stereocenters. The number of piperidine rings is 1.